The summed E-state index contributed by atoms with van der Waals surface area (Å²) in [6, 6.07) is 17.3. The van der Waals surface area contributed by atoms with Gasteiger partial charge in [0.15, 0.2) is 35.0 Å². The lowest BCUT2D eigenvalue weighted by molar-refractivity contribution is -0.124. The fourth-order valence-electron chi connectivity index (χ4n) is 4.08. The van der Waals surface area contributed by atoms with E-state index >= 15 is 0 Å². The smallest absolute Gasteiger partial charge is 0.339 e. The van der Waals surface area contributed by atoms with Crippen LogP contribution in [0.5, 0.6) is 0 Å². The molecule has 1 amide bonds. The van der Waals surface area contributed by atoms with E-state index in [1.807, 2.05) is 6.07 Å². The van der Waals surface area contributed by atoms with Crippen LogP contribution in [-0.4, -0.2) is 23.0 Å². The quantitative estimate of drug-likeness (QED) is 0.151. The Hall–Kier alpha value is -4.73. The van der Waals surface area contributed by atoms with Crippen LogP contribution in [0, 0.1) is 23.3 Å². The second-order valence-electron chi connectivity index (χ2n) is 8.33. The molecule has 10 heteroatoms. The lowest BCUT2D eigenvalue weighted by Crippen LogP contribution is -2.33. The van der Waals surface area contributed by atoms with Crippen molar-refractivity contribution in [3.05, 3.63) is 95.6 Å². The predicted octanol–water partition coefficient (Wildman–Crippen LogP) is 6.78. The maximum Gasteiger partial charge on any atom is 0.339 e. The number of hydrogen-bond acceptors (Lipinski definition) is 5. The molecule has 0 aliphatic heterocycles. The number of ether oxygens (including phenoxy) is 1. The minimum Gasteiger partial charge on any atom is -0.449 e. The van der Waals surface area contributed by atoms with Crippen molar-refractivity contribution in [1.82, 2.24) is 4.98 Å². The van der Waals surface area contributed by atoms with E-state index in [0.717, 1.165) is 0 Å². The summed E-state index contributed by atoms with van der Waals surface area (Å²) < 4.78 is 66.4. The molecule has 0 radical (unpaired) electrons. The number of benzene rings is 4. The molecule has 1 unspecified atom stereocenters. The summed E-state index contributed by atoms with van der Waals surface area (Å²) >= 11 is 0. The van der Waals surface area contributed by atoms with Gasteiger partial charge < -0.3 is 14.5 Å². The number of rotatable bonds is 6. The summed E-state index contributed by atoms with van der Waals surface area (Å²) in [6.45, 7) is 1.49. The van der Waals surface area contributed by atoms with Crippen molar-refractivity contribution in [2.75, 3.05) is 5.32 Å². The number of hydrogen-bond donors (Lipinski definition) is 1. The third-order valence-corrected chi connectivity index (χ3v) is 5.92. The maximum atomic E-state index is 14.0. The Bertz CT molecular complexity index is 1650. The van der Waals surface area contributed by atoms with Crippen molar-refractivity contribution in [2.24, 2.45) is 0 Å². The first-order chi connectivity index (χ1) is 18.3. The van der Waals surface area contributed by atoms with Gasteiger partial charge in [-0.3, -0.25) is 4.79 Å². The molecule has 1 N–H and O–H groups in total. The highest BCUT2D eigenvalue weighted by Gasteiger charge is 2.28. The van der Waals surface area contributed by atoms with Crippen LogP contribution in [0.15, 0.2) is 71.1 Å². The van der Waals surface area contributed by atoms with E-state index in [4.69, 9.17) is 9.15 Å². The van der Waals surface area contributed by atoms with E-state index in [-0.39, 0.29) is 23.9 Å². The highest BCUT2D eigenvalue weighted by atomic mass is 19.2. The Balaban J connectivity index is 1.48. The number of amides is 1. The molecule has 0 fully saturated rings. The number of anilines is 1. The average Bonchev–Trinajstić information content (AvgIpc) is 3.36. The van der Waals surface area contributed by atoms with Gasteiger partial charge in [0.1, 0.15) is 11.2 Å². The van der Waals surface area contributed by atoms with Gasteiger partial charge in [0.2, 0.25) is 5.89 Å². The molecule has 1 aromatic heterocycles. The molecular weight excluding hydrogens is 504 g/mol. The summed E-state index contributed by atoms with van der Waals surface area (Å²) in [4.78, 5) is 30.5. The van der Waals surface area contributed by atoms with Crippen LogP contribution in [0.25, 0.3) is 33.3 Å². The van der Waals surface area contributed by atoms with Crippen LogP contribution >= 0.6 is 0 Å². The zero-order valence-corrected chi connectivity index (χ0v) is 19.7. The lowest BCUT2D eigenvalue weighted by Gasteiger charge is -2.18. The minimum atomic E-state index is -1.78. The Morgan fingerprint density at radius 1 is 0.947 bits per heavy atom. The number of oxazole rings is 1. The number of fused-ring (bicyclic) bond motifs is 2. The minimum absolute atomic E-state index is 0.0205. The SMILES string of the molecule is CCC(OC(=O)c1cccc2cccc(-c3nc4ccccc4o3)c12)C(=O)Nc1c(F)c(F)cc(F)c1F. The fraction of sp³-hybridized carbons (Fsp3) is 0.107. The molecule has 0 saturated heterocycles. The van der Waals surface area contributed by atoms with Gasteiger partial charge in [0.25, 0.3) is 5.91 Å². The number of carbonyl (C=O) groups excluding carboxylic acids is 2. The summed E-state index contributed by atoms with van der Waals surface area (Å²) in [5, 5.41) is 2.90. The molecule has 5 rings (SSSR count). The molecule has 1 heterocycles. The summed E-state index contributed by atoms with van der Waals surface area (Å²) in [6.07, 6.45) is -1.62. The first-order valence-corrected chi connectivity index (χ1v) is 11.5. The average molecular weight is 522 g/mol. The van der Waals surface area contributed by atoms with Gasteiger partial charge in [-0.25, -0.2) is 27.3 Å². The molecule has 0 spiro atoms. The number of halogens is 4. The van der Waals surface area contributed by atoms with Gasteiger partial charge in [0.05, 0.1) is 5.56 Å². The molecule has 0 saturated carbocycles. The Kier molecular flexibility index (Phi) is 6.54. The van der Waals surface area contributed by atoms with E-state index < -0.39 is 46.9 Å². The second-order valence-corrected chi connectivity index (χ2v) is 8.33. The number of carbonyl (C=O) groups is 2. The predicted molar refractivity (Wildman–Crippen MR) is 131 cm³/mol. The van der Waals surface area contributed by atoms with Gasteiger partial charge in [0, 0.05) is 17.0 Å². The molecule has 192 valence electrons. The van der Waals surface area contributed by atoms with Crippen LogP contribution in [0.1, 0.15) is 23.7 Å². The molecule has 4 aromatic carbocycles. The van der Waals surface area contributed by atoms with E-state index in [0.29, 0.717) is 27.4 Å². The monoisotopic (exact) mass is 522 g/mol. The van der Waals surface area contributed by atoms with Gasteiger partial charge >= 0.3 is 5.97 Å². The van der Waals surface area contributed by atoms with Crippen LogP contribution < -0.4 is 5.32 Å². The molecule has 1 atom stereocenters. The number of nitrogens with one attached hydrogen (secondary N) is 1. The van der Waals surface area contributed by atoms with E-state index in [1.54, 1.807) is 53.8 Å². The fourth-order valence-corrected chi connectivity index (χ4v) is 4.08. The number of para-hydroxylation sites is 2. The van der Waals surface area contributed by atoms with Crippen molar-refractivity contribution in [1.29, 1.82) is 0 Å². The van der Waals surface area contributed by atoms with Gasteiger partial charge in [-0.05, 0) is 36.1 Å². The highest BCUT2D eigenvalue weighted by Crippen LogP contribution is 2.33. The third kappa shape index (κ3) is 4.45. The topological polar surface area (TPSA) is 81.4 Å². The second kappa shape index (κ2) is 9.97. The van der Waals surface area contributed by atoms with Gasteiger partial charge in [-0.2, -0.15) is 0 Å². The third-order valence-electron chi connectivity index (χ3n) is 5.92. The largest absolute Gasteiger partial charge is 0.449 e. The summed E-state index contributed by atoms with van der Waals surface area (Å²) in [7, 11) is 0. The zero-order chi connectivity index (χ0) is 27.0. The van der Waals surface area contributed by atoms with E-state index in [1.165, 1.54) is 13.0 Å². The Morgan fingerprint density at radius 2 is 1.63 bits per heavy atom. The van der Waals surface area contributed by atoms with Crippen molar-refractivity contribution < 1.29 is 36.3 Å². The van der Waals surface area contributed by atoms with Crippen molar-refractivity contribution in [2.45, 2.75) is 19.4 Å². The summed E-state index contributed by atoms with van der Waals surface area (Å²) in [5.41, 5.74) is 0.445. The molecule has 38 heavy (non-hydrogen) atoms. The van der Waals surface area contributed by atoms with E-state index in [2.05, 4.69) is 4.98 Å². The molecule has 5 aromatic rings. The van der Waals surface area contributed by atoms with Crippen LogP contribution in [0.3, 0.4) is 0 Å². The van der Waals surface area contributed by atoms with Gasteiger partial charge in [-0.15, -0.1) is 0 Å². The van der Waals surface area contributed by atoms with Crippen molar-refractivity contribution in [3.8, 4) is 11.5 Å². The molecule has 0 aliphatic carbocycles. The molecule has 0 bridgehead atoms. The Morgan fingerprint density at radius 3 is 2.32 bits per heavy atom. The van der Waals surface area contributed by atoms with Crippen LogP contribution in [0.2, 0.25) is 0 Å². The standard InChI is InChI=1S/C28H18F4N2O4/c1-2-20(26(35)34-25-23(31)17(29)13-18(30)24(25)32)38-28(36)16-10-6-8-14-7-5-9-15(22(14)16)27-33-19-11-3-4-12-21(19)37-27/h3-13,20H,2H2,1H3,(H,34,35). The van der Waals surface area contributed by atoms with Crippen LogP contribution in [0.4, 0.5) is 23.2 Å². The number of aromatic nitrogens is 1. The lowest BCUT2D eigenvalue weighted by atomic mass is 9.99. The van der Waals surface area contributed by atoms with Crippen molar-refractivity contribution >= 4 is 39.4 Å². The van der Waals surface area contributed by atoms with Crippen molar-refractivity contribution in [3.63, 3.8) is 0 Å². The summed E-state index contributed by atoms with van der Waals surface area (Å²) in [5.74, 6) is -8.75. The van der Waals surface area contributed by atoms with E-state index in [9.17, 15) is 27.2 Å². The zero-order valence-electron chi connectivity index (χ0n) is 19.7. The molecular formula is C28H18F4N2O4. The first-order valence-electron chi connectivity index (χ1n) is 11.5. The van der Waals surface area contributed by atoms with Crippen LogP contribution in [-0.2, 0) is 9.53 Å². The number of nitrogens with zero attached hydrogens (tertiary/aromatic N) is 1. The highest BCUT2D eigenvalue weighted by molar-refractivity contribution is 6.10. The maximum absolute atomic E-state index is 14.0. The molecule has 0 aliphatic rings. The normalized spacial score (nSPS) is 12.0. The van der Waals surface area contributed by atoms with Gasteiger partial charge in [-0.1, -0.05) is 43.3 Å². The number of esters is 1. The Labute approximate surface area is 212 Å². The molecule has 6 nitrogen and oxygen atoms in total. The first kappa shape index (κ1) is 24.9.